The quantitative estimate of drug-likeness (QED) is 0.758. The van der Waals surface area contributed by atoms with Crippen molar-refractivity contribution in [2.75, 3.05) is 19.7 Å². The summed E-state index contributed by atoms with van der Waals surface area (Å²) in [6, 6.07) is 1.59. The Morgan fingerprint density at radius 1 is 1.50 bits per heavy atom. The lowest BCUT2D eigenvalue weighted by Gasteiger charge is -2.38. The van der Waals surface area contributed by atoms with Crippen molar-refractivity contribution in [3.05, 3.63) is 22.3 Å². The van der Waals surface area contributed by atoms with Gasteiger partial charge in [0, 0.05) is 22.8 Å². The first kappa shape index (κ1) is 13.2. The first-order valence-corrected chi connectivity index (χ1v) is 6.88. The Morgan fingerprint density at radius 2 is 2.30 bits per heavy atom. The van der Waals surface area contributed by atoms with Crippen LogP contribution in [0.1, 0.15) is 5.56 Å². The molecule has 0 unspecified atom stereocenters. The third-order valence-corrected chi connectivity index (χ3v) is 3.87. The van der Waals surface area contributed by atoms with E-state index >= 15 is 0 Å². The lowest BCUT2D eigenvalue weighted by Crippen LogP contribution is -2.58. The van der Waals surface area contributed by atoms with Crippen LogP contribution in [-0.4, -0.2) is 57.6 Å². The largest absolute Gasteiger partial charge is 0.475 e. The molecule has 1 atom stereocenters. The predicted octanol–water partition coefficient (Wildman–Crippen LogP) is 0.927. The number of rotatable bonds is 0. The Morgan fingerprint density at radius 3 is 3.05 bits per heavy atom. The average Bonchev–Trinajstić information content (AvgIpc) is 2.58. The number of fused-ring (bicyclic) bond motifs is 2. The molecule has 0 aromatic carbocycles. The third-order valence-electron chi connectivity index (χ3n) is 3.43. The fraction of sp³-hybridized carbons (Fsp3) is 0.417. The van der Waals surface area contributed by atoms with E-state index in [0.717, 1.165) is 14.9 Å². The molecule has 2 aliphatic rings. The maximum atomic E-state index is 12.1. The van der Waals surface area contributed by atoms with Gasteiger partial charge in [0.1, 0.15) is 13.2 Å². The number of halogens is 1. The van der Waals surface area contributed by atoms with Gasteiger partial charge in [0.25, 0.3) is 0 Å². The monoisotopic (exact) mass is 341 g/mol. The van der Waals surface area contributed by atoms with Crippen molar-refractivity contribution in [2.45, 2.75) is 12.6 Å². The van der Waals surface area contributed by atoms with Gasteiger partial charge in [-0.3, -0.25) is 9.69 Å². The van der Waals surface area contributed by atoms with Crippen LogP contribution in [0.15, 0.2) is 16.7 Å². The molecule has 106 valence electrons. The number of hydrogen-bond donors (Lipinski definition) is 1. The van der Waals surface area contributed by atoms with Crippen molar-refractivity contribution in [1.82, 2.24) is 14.8 Å². The summed E-state index contributed by atoms with van der Waals surface area (Å²) in [5.74, 6) is 0.289. The zero-order valence-electron chi connectivity index (χ0n) is 10.5. The Bertz CT molecular complexity index is 580. The highest BCUT2D eigenvalue weighted by Gasteiger charge is 2.37. The maximum absolute atomic E-state index is 12.1. The molecule has 1 aromatic heterocycles. The summed E-state index contributed by atoms with van der Waals surface area (Å²) in [6.07, 6.45) is 0.551. The van der Waals surface area contributed by atoms with Crippen LogP contribution in [0, 0.1) is 0 Å². The minimum absolute atomic E-state index is 0.109. The van der Waals surface area contributed by atoms with Crippen LogP contribution in [0.2, 0.25) is 0 Å². The first-order valence-electron chi connectivity index (χ1n) is 6.09. The second kappa shape index (κ2) is 4.93. The van der Waals surface area contributed by atoms with Crippen LogP contribution in [0.25, 0.3) is 0 Å². The van der Waals surface area contributed by atoms with E-state index in [4.69, 9.17) is 9.84 Å². The highest BCUT2D eigenvalue weighted by atomic mass is 79.9. The standard InChI is InChI=1S/C12H12BrN3O4/c13-8-1-7-3-16-9(6-20-11(7)14-2-8)4-15(12(18)19)5-10(16)17/h1-2,9H,3-6H2,(H,18,19)/t9-/m0/s1. The van der Waals surface area contributed by atoms with Crippen molar-refractivity contribution in [3.63, 3.8) is 0 Å². The summed E-state index contributed by atoms with van der Waals surface area (Å²) in [5.41, 5.74) is 0.819. The molecule has 0 radical (unpaired) electrons. The number of carboxylic acid groups (broad SMARTS) is 1. The molecular formula is C12H12BrN3O4. The van der Waals surface area contributed by atoms with Gasteiger partial charge in [-0.15, -0.1) is 0 Å². The van der Waals surface area contributed by atoms with Crippen LogP contribution >= 0.6 is 15.9 Å². The lowest BCUT2D eigenvalue weighted by atomic mass is 10.1. The van der Waals surface area contributed by atoms with Gasteiger partial charge in [0.2, 0.25) is 11.8 Å². The number of carbonyl (C=O) groups is 2. The summed E-state index contributed by atoms with van der Waals surface area (Å²) in [5, 5.41) is 9.02. The minimum atomic E-state index is -1.08. The Balaban J connectivity index is 1.88. The molecule has 0 saturated carbocycles. The Kier molecular flexibility index (Phi) is 3.25. The smallest absolute Gasteiger partial charge is 0.407 e. The van der Waals surface area contributed by atoms with E-state index in [1.54, 1.807) is 11.1 Å². The Hall–Kier alpha value is -1.83. The van der Waals surface area contributed by atoms with Gasteiger partial charge in [-0.05, 0) is 22.0 Å². The number of piperazine rings is 1. The molecule has 1 N–H and O–H groups in total. The second-order valence-corrected chi connectivity index (χ2v) is 5.68. The molecule has 7 nitrogen and oxygen atoms in total. The highest BCUT2D eigenvalue weighted by molar-refractivity contribution is 9.10. The average molecular weight is 342 g/mol. The van der Waals surface area contributed by atoms with E-state index in [9.17, 15) is 9.59 Å². The van der Waals surface area contributed by atoms with Crippen molar-refractivity contribution >= 4 is 27.9 Å². The molecule has 2 amide bonds. The van der Waals surface area contributed by atoms with E-state index in [2.05, 4.69) is 20.9 Å². The molecule has 20 heavy (non-hydrogen) atoms. The number of amides is 2. The van der Waals surface area contributed by atoms with Crippen LogP contribution < -0.4 is 4.74 Å². The fourth-order valence-corrected chi connectivity index (χ4v) is 2.83. The molecule has 1 saturated heterocycles. The molecule has 8 heteroatoms. The number of carbonyl (C=O) groups excluding carboxylic acids is 1. The molecular weight excluding hydrogens is 330 g/mol. The molecule has 3 rings (SSSR count). The van der Waals surface area contributed by atoms with E-state index in [0.29, 0.717) is 12.4 Å². The van der Waals surface area contributed by atoms with Crippen molar-refractivity contribution in [2.24, 2.45) is 0 Å². The third kappa shape index (κ3) is 2.31. The number of hydrogen-bond acceptors (Lipinski definition) is 4. The molecule has 1 fully saturated rings. The van der Waals surface area contributed by atoms with Crippen molar-refractivity contribution in [1.29, 1.82) is 0 Å². The summed E-state index contributed by atoms with van der Waals surface area (Å²) < 4.78 is 6.42. The number of nitrogens with zero attached hydrogens (tertiary/aromatic N) is 3. The molecule has 0 spiro atoms. The van der Waals surface area contributed by atoms with Gasteiger partial charge in [-0.25, -0.2) is 9.78 Å². The SMILES string of the molecule is O=C(O)N1CC(=O)N2Cc3cc(Br)cnc3OC[C@@H]2C1. The normalized spacial score (nSPS) is 21.6. The zero-order chi connectivity index (χ0) is 14.3. The number of aromatic nitrogens is 1. The molecule has 0 aliphatic carbocycles. The summed E-state index contributed by atoms with van der Waals surface area (Å²) in [4.78, 5) is 30.1. The zero-order valence-corrected chi connectivity index (χ0v) is 12.0. The number of ether oxygens (including phenoxy) is 1. The first-order chi connectivity index (χ1) is 9.54. The van der Waals surface area contributed by atoms with Crippen LogP contribution in [0.4, 0.5) is 4.79 Å². The molecule has 0 bridgehead atoms. The predicted molar refractivity (Wildman–Crippen MR) is 71.4 cm³/mol. The molecule has 3 heterocycles. The summed E-state index contributed by atoms with van der Waals surface area (Å²) in [7, 11) is 0. The van der Waals surface area contributed by atoms with Crippen molar-refractivity contribution in [3.8, 4) is 5.88 Å². The van der Waals surface area contributed by atoms with Crippen LogP contribution in [0.5, 0.6) is 5.88 Å². The summed E-state index contributed by atoms with van der Waals surface area (Å²) in [6.45, 7) is 0.786. The van der Waals surface area contributed by atoms with Crippen LogP contribution in [-0.2, 0) is 11.3 Å². The summed E-state index contributed by atoms with van der Waals surface area (Å²) >= 11 is 3.34. The van der Waals surface area contributed by atoms with Gasteiger partial charge in [0.15, 0.2) is 0 Å². The van der Waals surface area contributed by atoms with Gasteiger partial charge >= 0.3 is 6.09 Å². The van der Waals surface area contributed by atoms with E-state index in [-0.39, 0.29) is 31.6 Å². The van der Waals surface area contributed by atoms with Gasteiger partial charge in [-0.2, -0.15) is 0 Å². The van der Waals surface area contributed by atoms with E-state index in [1.165, 1.54) is 0 Å². The van der Waals surface area contributed by atoms with Gasteiger partial charge in [-0.1, -0.05) is 0 Å². The van der Waals surface area contributed by atoms with E-state index < -0.39 is 6.09 Å². The second-order valence-electron chi connectivity index (χ2n) is 4.77. The maximum Gasteiger partial charge on any atom is 0.407 e. The minimum Gasteiger partial charge on any atom is -0.475 e. The molecule has 1 aromatic rings. The topological polar surface area (TPSA) is 83.0 Å². The Labute approximate surface area is 123 Å². The van der Waals surface area contributed by atoms with Crippen LogP contribution in [0.3, 0.4) is 0 Å². The fourth-order valence-electron chi connectivity index (χ4n) is 2.45. The lowest BCUT2D eigenvalue weighted by molar-refractivity contribution is -0.140. The van der Waals surface area contributed by atoms with Crippen molar-refractivity contribution < 1.29 is 19.4 Å². The van der Waals surface area contributed by atoms with Gasteiger partial charge in [0.05, 0.1) is 12.6 Å². The van der Waals surface area contributed by atoms with Gasteiger partial charge < -0.3 is 14.7 Å². The number of pyridine rings is 1. The van der Waals surface area contributed by atoms with E-state index in [1.807, 2.05) is 6.07 Å². The molecule has 2 aliphatic heterocycles. The highest BCUT2D eigenvalue weighted by Crippen LogP contribution is 2.27.